The number of amides is 1. The summed E-state index contributed by atoms with van der Waals surface area (Å²) in [4.78, 5) is 14.4. The summed E-state index contributed by atoms with van der Waals surface area (Å²) in [5.41, 5.74) is 0.553. The average molecular weight is 251 g/mol. The van der Waals surface area contributed by atoms with E-state index in [9.17, 15) is 9.18 Å². The molecule has 0 saturated carbocycles. The molecular weight excluding hydrogens is 229 g/mol. The minimum atomic E-state index is -0.315. The van der Waals surface area contributed by atoms with E-state index in [1.54, 1.807) is 12.1 Å². The molecule has 2 nitrogen and oxygen atoms in total. The largest absolute Gasteiger partial charge is 0.333 e. The highest BCUT2D eigenvalue weighted by atomic mass is 19.1. The van der Waals surface area contributed by atoms with Crippen molar-refractivity contribution in [2.45, 2.75) is 52.6 Å². The van der Waals surface area contributed by atoms with E-state index < -0.39 is 0 Å². The molecule has 0 radical (unpaired) electrons. The number of hydrogen-bond acceptors (Lipinski definition) is 1. The molecule has 3 heteroatoms. The fraction of sp³-hybridized carbons (Fsp3) is 0.533. The van der Waals surface area contributed by atoms with Crippen LogP contribution in [0.3, 0.4) is 0 Å². The van der Waals surface area contributed by atoms with Gasteiger partial charge in [0, 0.05) is 17.6 Å². The van der Waals surface area contributed by atoms with Gasteiger partial charge in [-0.15, -0.1) is 0 Å². The van der Waals surface area contributed by atoms with E-state index in [0.29, 0.717) is 5.56 Å². The maximum Gasteiger partial charge on any atom is 0.254 e. The molecule has 1 aromatic carbocycles. The molecule has 18 heavy (non-hydrogen) atoms. The number of hydrogen-bond donors (Lipinski definition) is 0. The van der Waals surface area contributed by atoms with Crippen LogP contribution in [0, 0.1) is 5.82 Å². The second-order valence-corrected chi connectivity index (χ2v) is 4.73. The van der Waals surface area contributed by atoms with Gasteiger partial charge in [0.2, 0.25) is 0 Å². The Kier molecular flexibility index (Phi) is 5.32. The van der Waals surface area contributed by atoms with Crippen LogP contribution in [0.25, 0.3) is 0 Å². The summed E-state index contributed by atoms with van der Waals surface area (Å²) in [6, 6.07) is 6.15. The molecule has 0 spiro atoms. The first-order valence-electron chi connectivity index (χ1n) is 6.59. The quantitative estimate of drug-likeness (QED) is 0.778. The molecule has 1 aromatic rings. The first-order valence-corrected chi connectivity index (χ1v) is 6.59. The third-order valence-electron chi connectivity index (χ3n) is 3.46. The van der Waals surface area contributed by atoms with Crippen molar-refractivity contribution in [3.8, 4) is 0 Å². The second-order valence-electron chi connectivity index (χ2n) is 4.73. The zero-order valence-corrected chi connectivity index (χ0v) is 11.6. The highest BCUT2D eigenvalue weighted by molar-refractivity contribution is 5.94. The molecule has 1 amide bonds. The van der Waals surface area contributed by atoms with Gasteiger partial charge in [-0.3, -0.25) is 4.79 Å². The summed E-state index contributed by atoms with van der Waals surface area (Å²) in [6.45, 7) is 8.23. The van der Waals surface area contributed by atoms with Gasteiger partial charge in [-0.2, -0.15) is 0 Å². The molecule has 0 bridgehead atoms. The Morgan fingerprint density at radius 1 is 1.11 bits per heavy atom. The van der Waals surface area contributed by atoms with Crippen LogP contribution in [0.15, 0.2) is 24.3 Å². The lowest BCUT2D eigenvalue weighted by atomic mass is 10.1. The fourth-order valence-corrected chi connectivity index (χ4v) is 1.97. The number of carbonyl (C=O) groups excluding carboxylic acids is 1. The fourth-order valence-electron chi connectivity index (χ4n) is 1.97. The van der Waals surface area contributed by atoms with Crippen molar-refractivity contribution in [3.05, 3.63) is 35.6 Å². The molecule has 0 aromatic heterocycles. The van der Waals surface area contributed by atoms with E-state index in [1.165, 1.54) is 12.1 Å². The van der Waals surface area contributed by atoms with E-state index >= 15 is 0 Å². The van der Waals surface area contributed by atoms with Gasteiger partial charge < -0.3 is 4.90 Å². The predicted molar refractivity (Wildman–Crippen MR) is 72.1 cm³/mol. The Morgan fingerprint density at radius 2 is 1.56 bits per heavy atom. The standard InChI is InChI=1S/C15H22FNO/c1-5-11(3)17(12(4)6-2)15(18)13-7-9-14(16)10-8-13/h7-12H,5-6H2,1-4H3/t11-,12-/m1/s1. The summed E-state index contributed by atoms with van der Waals surface area (Å²) >= 11 is 0. The molecule has 100 valence electrons. The highest BCUT2D eigenvalue weighted by Crippen LogP contribution is 2.16. The van der Waals surface area contributed by atoms with Crippen molar-refractivity contribution in [1.82, 2.24) is 4.90 Å². The van der Waals surface area contributed by atoms with Crippen LogP contribution in [0.1, 0.15) is 50.9 Å². The van der Waals surface area contributed by atoms with Gasteiger partial charge in [0.1, 0.15) is 5.82 Å². The third kappa shape index (κ3) is 3.31. The first kappa shape index (κ1) is 14.7. The van der Waals surface area contributed by atoms with Gasteiger partial charge in [0.25, 0.3) is 5.91 Å². The summed E-state index contributed by atoms with van der Waals surface area (Å²) < 4.78 is 12.9. The first-order chi connectivity index (χ1) is 8.51. The number of benzene rings is 1. The average Bonchev–Trinajstić information content (AvgIpc) is 2.39. The Morgan fingerprint density at radius 3 is 1.94 bits per heavy atom. The molecule has 0 fully saturated rings. The van der Waals surface area contributed by atoms with Crippen LogP contribution in [0.4, 0.5) is 4.39 Å². The maximum absolute atomic E-state index is 12.9. The summed E-state index contributed by atoms with van der Waals surface area (Å²) in [5, 5.41) is 0. The smallest absolute Gasteiger partial charge is 0.254 e. The minimum Gasteiger partial charge on any atom is -0.333 e. The lowest BCUT2D eigenvalue weighted by Gasteiger charge is -2.34. The van der Waals surface area contributed by atoms with Crippen LogP contribution in [-0.4, -0.2) is 22.9 Å². The summed E-state index contributed by atoms with van der Waals surface area (Å²) in [6.07, 6.45) is 1.83. The van der Waals surface area contributed by atoms with Crippen molar-refractivity contribution in [1.29, 1.82) is 0 Å². The van der Waals surface area contributed by atoms with Crippen LogP contribution in [0.2, 0.25) is 0 Å². The monoisotopic (exact) mass is 251 g/mol. The highest BCUT2D eigenvalue weighted by Gasteiger charge is 2.24. The zero-order valence-electron chi connectivity index (χ0n) is 11.6. The Labute approximate surface area is 109 Å². The van der Waals surface area contributed by atoms with Crippen LogP contribution < -0.4 is 0 Å². The lowest BCUT2D eigenvalue weighted by Crippen LogP contribution is -2.44. The number of carbonyl (C=O) groups is 1. The van der Waals surface area contributed by atoms with Crippen molar-refractivity contribution in [3.63, 3.8) is 0 Å². The molecule has 2 atom stereocenters. The van der Waals surface area contributed by atoms with E-state index in [-0.39, 0.29) is 23.8 Å². The number of nitrogens with zero attached hydrogens (tertiary/aromatic N) is 1. The third-order valence-corrected chi connectivity index (χ3v) is 3.46. The Bertz CT molecular complexity index is 378. The van der Waals surface area contributed by atoms with Crippen LogP contribution in [0.5, 0.6) is 0 Å². The molecule has 0 aliphatic rings. The van der Waals surface area contributed by atoms with Crippen LogP contribution in [-0.2, 0) is 0 Å². The van der Waals surface area contributed by atoms with Crippen molar-refractivity contribution in [2.75, 3.05) is 0 Å². The number of rotatable bonds is 5. The van der Waals surface area contributed by atoms with Gasteiger partial charge in [-0.25, -0.2) is 4.39 Å². The van der Waals surface area contributed by atoms with Gasteiger partial charge in [0.05, 0.1) is 0 Å². The normalized spacial score (nSPS) is 14.1. The minimum absolute atomic E-state index is 0.0151. The maximum atomic E-state index is 12.9. The van der Waals surface area contributed by atoms with E-state index in [1.807, 2.05) is 18.7 Å². The molecule has 0 aliphatic heterocycles. The molecule has 0 N–H and O–H groups in total. The van der Waals surface area contributed by atoms with Gasteiger partial charge in [-0.1, -0.05) is 13.8 Å². The zero-order chi connectivity index (χ0) is 13.7. The number of halogens is 1. The molecule has 0 unspecified atom stereocenters. The Hall–Kier alpha value is -1.38. The van der Waals surface area contributed by atoms with Crippen molar-refractivity contribution in [2.24, 2.45) is 0 Å². The predicted octanol–water partition coefficient (Wildman–Crippen LogP) is 3.86. The lowest BCUT2D eigenvalue weighted by molar-refractivity contribution is 0.0598. The molecular formula is C15H22FNO. The molecule has 0 saturated heterocycles. The van der Waals surface area contributed by atoms with Crippen molar-refractivity contribution < 1.29 is 9.18 Å². The molecule has 1 rings (SSSR count). The van der Waals surface area contributed by atoms with E-state index in [2.05, 4.69) is 13.8 Å². The van der Waals surface area contributed by atoms with E-state index in [0.717, 1.165) is 12.8 Å². The second kappa shape index (κ2) is 6.53. The van der Waals surface area contributed by atoms with Crippen molar-refractivity contribution >= 4 is 5.91 Å². The topological polar surface area (TPSA) is 20.3 Å². The summed E-state index contributed by atoms with van der Waals surface area (Å²) in [7, 11) is 0. The molecule has 0 aliphatic carbocycles. The Balaban J connectivity index is 2.98. The SMILES string of the molecule is CC[C@@H](C)N(C(=O)c1ccc(F)cc1)[C@H](C)CC. The molecule has 0 heterocycles. The van der Waals surface area contributed by atoms with Gasteiger partial charge in [0.15, 0.2) is 0 Å². The van der Waals surface area contributed by atoms with Crippen LogP contribution >= 0.6 is 0 Å². The van der Waals surface area contributed by atoms with Gasteiger partial charge >= 0.3 is 0 Å². The van der Waals surface area contributed by atoms with E-state index in [4.69, 9.17) is 0 Å². The summed E-state index contributed by atoms with van der Waals surface area (Å²) in [5.74, 6) is -0.330. The van der Waals surface area contributed by atoms with Gasteiger partial charge in [-0.05, 0) is 51.0 Å².